The highest BCUT2D eigenvalue weighted by Gasteiger charge is 2.43. The monoisotopic (exact) mass is 360 g/mol. The number of hydrazone groups is 1. The molecule has 0 aliphatic carbocycles. The van der Waals surface area contributed by atoms with E-state index >= 15 is 0 Å². The molecule has 0 saturated heterocycles. The third-order valence-electron chi connectivity index (χ3n) is 4.97. The van der Waals surface area contributed by atoms with Gasteiger partial charge in [-0.25, -0.2) is 5.01 Å². The second-order valence-corrected chi connectivity index (χ2v) is 6.61. The van der Waals surface area contributed by atoms with Crippen LogP contribution in [0.25, 0.3) is 0 Å². The van der Waals surface area contributed by atoms with Crippen LogP contribution in [-0.2, 0) is 0 Å². The fourth-order valence-corrected chi connectivity index (χ4v) is 3.78. The van der Waals surface area contributed by atoms with Crippen LogP contribution in [0.1, 0.15) is 42.5 Å². The Morgan fingerprint density at radius 2 is 1.96 bits per heavy atom. The topological polar surface area (TPSA) is 47.2 Å². The molecule has 5 rings (SSSR count). The molecule has 0 amide bonds. The fraction of sp³-hybridized carbons (Fsp3) is 0.227. The SMILES string of the molecule is CCOc1cccc2c1O[C@@H](c1ccco1)N1N=C(c3ccccc3)C[C@H]21. The summed E-state index contributed by atoms with van der Waals surface area (Å²) < 4.78 is 17.8. The van der Waals surface area contributed by atoms with E-state index in [9.17, 15) is 0 Å². The lowest BCUT2D eigenvalue weighted by atomic mass is 9.96. The van der Waals surface area contributed by atoms with E-state index in [2.05, 4.69) is 18.2 Å². The second-order valence-electron chi connectivity index (χ2n) is 6.61. The second kappa shape index (κ2) is 6.50. The minimum atomic E-state index is -0.416. The lowest BCUT2D eigenvalue weighted by Crippen LogP contribution is -2.33. The molecule has 5 nitrogen and oxygen atoms in total. The normalized spacial score (nSPS) is 20.5. The van der Waals surface area contributed by atoms with Crippen molar-refractivity contribution in [3.05, 3.63) is 83.8 Å². The van der Waals surface area contributed by atoms with Crippen molar-refractivity contribution < 1.29 is 13.9 Å². The summed E-state index contributed by atoms with van der Waals surface area (Å²) in [5.74, 6) is 2.28. The number of para-hydroxylation sites is 1. The van der Waals surface area contributed by atoms with E-state index in [-0.39, 0.29) is 6.04 Å². The Bertz CT molecular complexity index is 966. The summed E-state index contributed by atoms with van der Waals surface area (Å²) in [6, 6.07) is 20.2. The fourth-order valence-electron chi connectivity index (χ4n) is 3.78. The minimum absolute atomic E-state index is 0.0828. The molecule has 136 valence electrons. The smallest absolute Gasteiger partial charge is 0.246 e. The summed E-state index contributed by atoms with van der Waals surface area (Å²) in [7, 11) is 0. The van der Waals surface area contributed by atoms with E-state index in [4.69, 9.17) is 19.0 Å². The van der Waals surface area contributed by atoms with Crippen molar-refractivity contribution in [2.24, 2.45) is 5.10 Å². The van der Waals surface area contributed by atoms with Gasteiger partial charge in [0.05, 0.1) is 24.6 Å². The van der Waals surface area contributed by atoms with Crippen LogP contribution < -0.4 is 9.47 Å². The van der Waals surface area contributed by atoms with E-state index in [0.29, 0.717) is 6.61 Å². The molecule has 0 unspecified atom stereocenters. The maximum atomic E-state index is 6.36. The van der Waals surface area contributed by atoms with Crippen LogP contribution in [0.3, 0.4) is 0 Å². The minimum Gasteiger partial charge on any atom is -0.490 e. The highest BCUT2D eigenvalue weighted by Crippen LogP contribution is 2.50. The molecule has 0 spiro atoms. The van der Waals surface area contributed by atoms with E-state index in [1.807, 2.05) is 54.4 Å². The van der Waals surface area contributed by atoms with Crippen LogP contribution in [0.2, 0.25) is 0 Å². The van der Waals surface area contributed by atoms with Crippen LogP contribution in [0.5, 0.6) is 11.5 Å². The maximum absolute atomic E-state index is 6.36. The van der Waals surface area contributed by atoms with E-state index in [1.54, 1.807) is 6.26 Å². The van der Waals surface area contributed by atoms with Crippen LogP contribution in [0.4, 0.5) is 0 Å². The van der Waals surface area contributed by atoms with Gasteiger partial charge in [-0.1, -0.05) is 42.5 Å². The van der Waals surface area contributed by atoms with Crippen molar-refractivity contribution >= 4 is 5.71 Å². The number of hydrogen-bond donors (Lipinski definition) is 0. The van der Waals surface area contributed by atoms with Crippen molar-refractivity contribution in [1.82, 2.24) is 5.01 Å². The highest BCUT2D eigenvalue weighted by atomic mass is 16.5. The summed E-state index contributed by atoms with van der Waals surface area (Å²) in [5, 5.41) is 6.93. The van der Waals surface area contributed by atoms with E-state index < -0.39 is 6.23 Å². The van der Waals surface area contributed by atoms with Crippen molar-refractivity contribution in [1.29, 1.82) is 0 Å². The van der Waals surface area contributed by atoms with Crippen LogP contribution in [0.15, 0.2) is 76.4 Å². The van der Waals surface area contributed by atoms with Crippen molar-refractivity contribution in [3.8, 4) is 11.5 Å². The van der Waals surface area contributed by atoms with Crippen molar-refractivity contribution in [2.75, 3.05) is 6.61 Å². The molecule has 3 aromatic rings. The summed E-state index contributed by atoms with van der Waals surface area (Å²) in [5.41, 5.74) is 3.28. The highest BCUT2D eigenvalue weighted by molar-refractivity contribution is 6.01. The molecule has 0 fully saturated rings. The number of hydrogen-bond acceptors (Lipinski definition) is 5. The standard InChI is InChI=1S/C22H20N2O3/c1-2-25-19-11-6-10-16-18-14-17(15-8-4-3-5-9-15)23-24(18)22(27-21(16)19)20-12-7-13-26-20/h3-13,18,22H,2,14H2,1H3/t18-,22+/m1/s1. The summed E-state index contributed by atoms with van der Waals surface area (Å²) in [4.78, 5) is 0. The first-order chi connectivity index (χ1) is 13.3. The largest absolute Gasteiger partial charge is 0.490 e. The Balaban J connectivity index is 1.61. The molecule has 2 aromatic carbocycles. The molecular weight excluding hydrogens is 340 g/mol. The molecule has 2 atom stereocenters. The molecule has 27 heavy (non-hydrogen) atoms. The zero-order valence-electron chi connectivity index (χ0n) is 15.0. The summed E-state index contributed by atoms with van der Waals surface area (Å²) in [6.07, 6.45) is 2.06. The molecule has 0 radical (unpaired) electrons. The van der Waals surface area contributed by atoms with Gasteiger partial charge in [0.1, 0.15) is 0 Å². The first kappa shape index (κ1) is 16.0. The van der Waals surface area contributed by atoms with Gasteiger partial charge in [0.25, 0.3) is 0 Å². The quantitative estimate of drug-likeness (QED) is 0.662. The molecule has 0 N–H and O–H groups in total. The maximum Gasteiger partial charge on any atom is 0.246 e. The average molecular weight is 360 g/mol. The van der Waals surface area contributed by atoms with Gasteiger partial charge in [-0.2, -0.15) is 5.10 Å². The number of rotatable bonds is 4. The van der Waals surface area contributed by atoms with Gasteiger partial charge in [-0.15, -0.1) is 0 Å². The number of fused-ring (bicyclic) bond motifs is 3. The van der Waals surface area contributed by atoms with Crippen LogP contribution in [0, 0.1) is 0 Å². The van der Waals surface area contributed by atoms with Gasteiger partial charge in [0, 0.05) is 12.0 Å². The van der Waals surface area contributed by atoms with E-state index in [1.165, 1.54) is 0 Å². The van der Waals surface area contributed by atoms with Gasteiger partial charge in [-0.05, 0) is 30.7 Å². The lowest BCUT2D eigenvalue weighted by Gasteiger charge is -2.37. The van der Waals surface area contributed by atoms with Gasteiger partial charge >= 0.3 is 0 Å². The molecule has 2 aliphatic rings. The Morgan fingerprint density at radius 3 is 2.74 bits per heavy atom. The van der Waals surface area contributed by atoms with Gasteiger partial charge in [0.15, 0.2) is 17.3 Å². The predicted molar refractivity (Wildman–Crippen MR) is 102 cm³/mol. The van der Waals surface area contributed by atoms with Crippen molar-refractivity contribution in [3.63, 3.8) is 0 Å². The first-order valence-corrected chi connectivity index (χ1v) is 9.22. The Hall–Kier alpha value is -3.21. The number of benzene rings is 2. The molecule has 0 saturated carbocycles. The van der Waals surface area contributed by atoms with Crippen LogP contribution in [-0.4, -0.2) is 17.3 Å². The number of nitrogens with zero attached hydrogens (tertiary/aromatic N) is 2. The molecule has 5 heteroatoms. The Labute approximate surface area is 157 Å². The summed E-state index contributed by atoms with van der Waals surface area (Å²) in [6.45, 7) is 2.57. The Morgan fingerprint density at radius 1 is 1.07 bits per heavy atom. The lowest BCUT2D eigenvalue weighted by molar-refractivity contribution is -0.0344. The molecular formula is C22H20N2O3. The van der Waals surface area contributed by atoms with E-state index in [0.717, 1.165) is 40.5 Å². The average Bonchev–Trinajstić information content (AvgIpc) is 3.39. The third kappa shape index (κ3) is 2.67. The van der Waals surface area contributed by atoms with Gasteiger partial charge in [0.2, 0.25) is 6.23 Å². The zero-order valence-corrected chi connectivity index (χ0v) is 15.0. The molecule has 1 aromatic heterocycles. The Kier molecular flexibility index (Phi) is 3.85. The number of furan rings is 1. The number of ether oxygens (including phenoxy) is 2. The van der Waals surface area contributed by atoms with Gasteiger partial charge < -0.3 is 13.9 Å². The van der Waals surface area contributed by atoms with Crippen LogP contribution >= 0.6 is 0 Å². The summed E-state index contributed by atoms with van der Waals surface area (Å²) >= 11 is 0. The first-order valence-electron chi connectivity index (χ1n) is 9.22. The van der Waals surface area contributed by atoms with Gasteiger partial charge in [-0.3, -0.25) is 0 Å². The third-order valence-corrected chi connectivity index (χ3v) is 4.97. The molecule has 2 aliphatic heterocycles. The molecule has 3 heterocycles. The predicted octanol–water partition coefficient (Wildman–Crippen LogP) is 4.92. The molecule has 0 bridgehead atoms. The van der Waals surface area contributed by atoms with Crippen molar-refractivity contribution in [2.45, 2.75) is 25.6 Å². The zero-order chi connectivity index (χ0) is 18.2.